The van der Waals surface area contributed by atoms with Crippen molar-refractivity contribution >= 4 is 5.69 Å². The second-order valence-corrected chi connectivity index (χ2v) is 4.96. The number of aryl methyl sites for hydroxylation is 1. The first kappa shape index (κ1) is 10.5. The van der Waals surface area contributed by atoms with Crippen LogP contribution in [0.5, 0.6) is 0 Å². The Kier molecular flexibility index (Phi) is 2.98. The first-order valence-electron chi connectivity index (χ1n) is 5.92. The molecule has 1 fully saturated rings. The molecule has 3 nitrogen and oxygen atoms in total. The predicted molar refractivity (Wildman–Crippen MR) is 62.8 cm³/mol. The molecule has 0 aromatic carbocycles. The van der Waals surface area contributed by atoms with Gasteiger partial charge in [0.1, 0.15) is 0 Å². The molecule has 1 aromatic rings. The molecule has 0 saturated heterocycles. The SMILES string of the molecule is CC1CCCC(C)C1Nc1cnn(C)c1. The van der Waals surface area contributed by atoms with Gasteiger partial charge in [-0.25, -0.2) is 0 Å². The van der Waals surface area contributed by atoms with E-state index >= 15 is 0 Å². The van der Waals surface area contributed by atoms with Gasteiger partial charge in [-0.2, -0.15) is 5.10 Å². The molecule has 1 heterocycles. The van der Waals surface area contributed by atoms with Gasteiger partial charge in [-0.3, -0.25) is 4.68 Å². The first-order chi connectivity index (χ1) is 7.16. The number of rotatable bonds is 2. The van der Waals surface area contributed by atoms with Crippen LogP contribution in [-0.2, 0) is 7.05 Å². The number of anilines is 1. The molecule has 1 aromatic heterocycles. The van der Waals surface area contributed by atoms with Gasteiger partial charge in [0.25, 0.3) is 0 Å². The van der Waals surface area contributed by atoms with E-state index in [0.717, 1.165) is 17.5 Å². The van der Waals surface area contributed by atoms with E-state index in [4.69, 9.17) is 0 Å². The minimum atomic E-state index is 0.614. The van der Waals surface area contributed by atoms with Crippen LogP contribution in [0.15, 0.2) is 12.4 Å². The number of nitrogens with one attached hydrogen (secondary N) is 1. The average molecular weight is 207 g/mol. The van der Waals surface area contributed by atoms with Crippen molar-refractivity contribution in [1.29, 1.82) is 0 Å². The van der Waals surface area contributed by atoms with Gasteiger partial charge in [0.05, 0.1) is 11.9 Å². The van der Waals surface area contributed by atoms with Gasteiger partial charge in [-0.05, 0) is 24.7 Å². The maximum Gasteiger partial charge on any atom is 0.0728 e. The fraction of sp³-hybridized carbons (Fsp3) is 0.750. The van der Waals surface area contributed by atoms with Gasteiger partial charge in [0.15, 0.2) is 0 Å². The molecule has 2 rings (SSSR count). The normalized spacial score (nSPS) is 31.5. The van der Waals surface area contributed by atoms with Gasteiger partial charge in [0, 0.05) is 19.3 Å². The molecule has 2 unspecified atom stereocenters. The highest BCUT2D eigenvalue weighted by Crippen LogP contribution is 2.31. The van der Waals surface area contributed by atoms with Crippen molar-refractivity contribution in [3.63, 3.8) is 0 Å². The van der Waals surface area contributed by atoms with E-state index in [9.17, 15) is 0 Å². The Morgan fingerprint density at radius 2 is 2.00 bits per heavy atom. The fourth-order valence-electron chi connectivity index (χ4n) is 2.65. The van der Waals surface area contributed by atoms with E-state index in [-0.39, 0.29) is 0 Å². The lowest BCUT2D eigenvalue weighted by molar-refractivity contribution is 0.268. The summed E-state index contributed by atoms with van der Waals surface area (Å²) in [7, 11) is 1.96. The molecule has 3 heteroatoms. The summed E-state index contributed by atoms with van der Waals surface area (Å²) < 4.78 is 1.85. The highest BCUT2D eigenvalue weighted by molar-refractivity contribution is 5.39. The van der Waals surface area contributed by atoms with Crippen LogP contribution in [0.3, 0.4) is 0 Å². The second-order valence-electron chi connectivity index (χ2n) is 4.96. The summed E-state index contributed by atoms with van der Waals surface area (Å²) in [5, 5.41) is 7.80. The molecule has 0 amide bonds. The van der Waals surface area contributed by atoms with Crippen LogP contribution in [-0.4, -0.2) is 15.8 Å². The molecule has 84 valence electrons. The van der Waals surface area contributed by atoms with E-state index < -0.39 is 0 Å². The molecule has 0 radical (unpaired) electrons. The zero-order valence-corrected chi connectivity index (χ0v) is 9.90. The number of aromatic nitrogens is 2. The van der Waals surface area contributed by atoms with Gasteiger partial charge in [-0.15, -0.1) is 0 Å². The van der Waals surface area contributed by atoms with E-state index in [1.807, 2.05) is 24.1 Å². The molecule has 1 N–H and O–H groups in total. The molecule has 0 bridgehead atoms. The number of nitrogens with zero attached hydrogens (tertiary/aromatic N) is 2. The molecule has 1 saturated carbocycles. The summed E-state index contributed by atoms with van der Waals surface area (Å²) in [4.78, 5) is 0. The van der Waals surface area contributed by atoms with Crippen molar-refractivity contribution in [2.24, 2.45) is 18.9 Å². The summed E-state index contributed by atoms with van der Waals surface area (Å²) in [6.07, 6.45) is 8.04. The predicted octanol–water partition coefficient (Wildman–Crippen LogP) is 2.66. The lowest BCUT2D eigenvalue weighted by Gasteiger charge is -2.35. The van der Waals surface area contributed by atoms with Gasteiger partial charge >= 0.3 is 0 Å². The van der Waals surface area contributed by atoms with E-state index in [1.165, 1.54) is 19.3 Å². The maximum absolute atomic E-state index is 4.19. The maximum atomic E-state index is 4.19. The third-order valence-corrected chi connectivity index (χ3v) is 3.58. The van der Waals surface area contributed by atoms with Crippen LogP contribution in [0.4, 0.5) is 5.69 Å². The fourth-order valence-corrected chi connectivity index (χ4v) is 2.65. The number of hydrogen-bond acceptors (Lipinski definition) is 2. The second kappa shape index (κ2) is 4.25. The zero-order chi connectivity index (χ0) is 10.8. The molecular formula is C12H21N3. The Hall–Kier alpha value is -0.990. The van der Waals surface area contributed by atoms with E-state index in [2.05, 4.69) is 24.3 Å². The Morgan fingerprint density at radius 1 is 1.33 bits per heavy atom. The molecule has 15 heavy (non-hydrogen) atoms. The van der Waals surface area contributed by atoms with Gasteiger partial charge in [-0.1, -0.05) is 20.3 Å². The van der Waals surface area contributed by atoms with Crippen molar-refractivity contribution in [3.8, 4) is 0 Å². The monoisotopic (exact) mass is 207 g/mol. The topological polar surface area (TPSA) is 29.9 Å². The highest BCUT2D eigenvalue weighted by Gasteiger charge is 2.27. The summed E-state index contributed by atoms with van der Waals surface area (Å²) in [5.74, 6) is 1.54. The van der Waals surface area contributed by atoms with E-state index in [1.54, 1.807) is 0 Å². The molecule has 1 aliphatic rings. The van der Waals surface area contributed by atoms with Crippen molar-refractivity contribution < 1.29 is 0 Å². The van der Waals surface area contributed by atoms with Crippen LogP contribution in [0, 0.1) is 11.8 Å². The third-order valence-electron chi connectivity index (χ3n) is 3.58. The minimum Gasteiger partial charge on any atom is -0.379 e. The lowest BCUT2D eigenvalue weighted by atomic mass is 9.78. The Balaban J connectivity index is 2.03. The standard InChI is InChI=1S/C12H21N3/c1-9-5-4-6-10(2)12(9)14-11-7-13-15(3)8-11/h7-10,12,14H,4-6H2,1-3H3. The van der Waals surface area contributed by atoms with Crippen molar-refractivity contribution in [1.82, 2.24) is 9.78 Å². The Morgan fingerprint density at radius 3 is 2.53 bits per heavy atom. The molecule has 2 atom stereocenters. The Bertz CT molecular complexity index is 308. The molecule has 0 aliphatic heterocycles. The quantitative estimate of drug-likeness (QED) is 0.808. The first-order valence-corrected chi connectivity index (χ1v) is 5.92. The minimum absolute atomic E-state index is 0.614. The molecular weight excluding hydrogens is 186 g/mol. The van der Waals surface area contributed by atoms with Crippen LogP contribution < -0.4 is 5.32 Å². The lowest BCUT2D eigenvalue weighted by Crippen LogP contribution is -2.36. The molecule has 1 aliphatic carbocycles. The van der Waals surface area contributed by atoms with Crippen LogP contribution in [0.1, 0.15) is 33.1 Å². The molecule has 0 spiro atoms. The Labute approximate surface area is 91.9 Å². The number of hydrogen-bond donors (Lipinski definition) is 1. The van der Waals surface area contributed by atoms with Crippen molar-refractivity contribution in [2.45, 2.75) is 39.2 Å². The average Bonchev–Trinajstić information content (AvgIpc) is 2.58. The zero-order valence-electron chi connectivity index (χ0n) is 9.90. The van der Waals surface area contributed by atoms with Gasteiger partial charge in [0.2, 0.25) is 0 Å². The smallest absolute Gasteiger partial charge is 0.0728 e. The van der Waals surface area contributed by atoms with Crippen LogP contribution in [0.25, 0.3) is 0 Å². The largest absolute Gasteiger partial charge is 0.379 e. The highest BCUT2D eigenvalue weighted by atomic mass is 15.3. The summed E-state index contributed by atoms with van der Waals surface area (Å²) >= 11 is 0. The summed E-state index contributed by atoms with van der Waals surface area (Å²) in [6, 6.07) is 0.614. The van der Waals surface area contributed by atoms with Gasteiger partial charge < -0.3 is 5.32 Å². The summed E-state index contributed by atoms with van der Waals surface area (Å²) in [6.45, 7) is 4.70. The van der Waals surface area contributed by atoms with Crippen molar-refractivity contribution in [3.05, 3.63) is 12.4 Å². The van der Waals surface area contributed by atoms with E-state index in [0.29, 0.717) is 6.04 Å². The van der Waals surface area contributed by atoms with Crippen LogP contribution in [0.2, 0.25) is 0 Å². The van der Waals surface area contributed by atoms with Crippen LogP contribution >= 0.6 is 0 Å². The third kappa shape index (κ3) is 2.33. The van der Waals surface area contributed by atoms with Crippen molar-refractivity contribution in [2.75, 3.05) is 5.32 Å². The summed E-state index contributed by atoms with van der Waals surface area (Å²) in [5.41, 5.74) is 1.16.